The van der Waals surface area contributed by atoms with Crippen LogP contribution in [0, 0.1) is 0 Å². The SMILES string of the molecule is CC1Oc2ccccc2C1NC(=O)NCc1ncccc1S(C)(=O)=O. The zero-order valence-electron chi connectivity index (χ0n) is 13.9. The molecule has 1 aromatic heterocycles. The van der Waals surface area contributed by atoms with E-state index in [1.807, 2.05) is 31.2 Å². The van der Waals surface area contributed by atoms with E-state index in [1.54, 1.807) is 6.07 Å². The first-order chi connectivity index (χ1) is 11.9. The molecule has 0 saturated heterocycles. The van der Waals surface area contributed by atoms with Gasteiger partial charge in [-0.2, -0.15) is 0 Å². The van der Waals surface area contributed by atoms with Crippen LogP contribution in [0.4, 0.5) is 4.79 Å². The van der Waals surface area contributed by atoms with Crippen LogP contribution in [0.2, 0.25) is 0 Å². The Morgan fingerprint density at radius 1 is 1.24 bits per heavy atom. The predicted octanol–water partition coefficient (Wildman–Crippen LogP) is 1.81. The van der Waals surface area contributed by atoms with E-state index in [4.69, 9.17) is 4.74 Å². The average Bonchev–Trinajstić information content (AvgIpc) is 2.88. The fourth-order valence-corrected chi connectivity index (χ4v) is 3.69. The Balaban J connectivity index is 1.67. The van der Waals surface area contributed by atoms with Crippen molar-refractivity contribution in [1.82, 2.24) is 15.6 Å². The van der Waals surface area contributed by atoms with Crippen molar-refractivity contribution in [2.45, 2.75) is 30.5 Å². The molecule has 2 amide bonds. The number of nitrogens with zero attached hydrogens (tertiary/aromatic N) is 1. The summed E-state index contributed by atoms with van der Waals surface area (Å²) in [4.78, 5) is 16.4. The fourth-order valence-electron chi connectivity index (χ4n) is 2.81. The van der Waals surface area contributed by atoms with Gasteiger partial charge in [-0.05, 0) is 25.1 Å². The Kier molecular flexibility index (Phi) is 4.63. The second-order valence-electron chi connectivity index (χ2n) is 5.89. The van der Waals surface area contributed by atoms with E-state index in [0.29, 0.717) is 5.69 Å². The van der Waals surface area contributed by atoms with Crippen LogP contribution in [0.3, 0.4) is 0 Å². The lowest BCUT2D eigenvalue weighted by Gasteiger charge is -2.17. The molecule has 1 aliphatic rings. The molecule has 0 spiro atoms. The Morgan fingerprint density at radius 3 is 2.76 bits per heavy atom. The van der Waals surface area contributed by atoms with Gasteiger partial charge in [0.2, 0.25) is 0 Å². The zero-order valence-corrected chi connectivity index (χ0v) is 14.7. The smallest absolute Gasteiger partial charge is 0.315 e. The van der Waals surface area contributed by atoms with Crippen molar-refractivity contribution < 1.29 is 17.9 Å². The summed E-state index contributed by atoms with van der Waals surface area (Å²) in [5.41, 5.74) is 1.22. The largest absolute Gasteiger partial charge is 0.488 e. The second-order valence-corrected chi connectivity index (χ2v) is 7.87. The van der Waals surface area contributed by atoms with Gasteiger partial charge in [0.05, 0.1) is 23.2 Å². The summed E-state index contributed by atoms with van der Waals surface area (Å²) in [5, 5.41) is 5.52. The van der Waals surface area contributed by atoms with Gasteiger partial charge in [0.1, 0.15) is 11.9 Å². The molecule has 0 fully saturated rings. The number of ether oxygens (including phenoxy) is 1. The van der Waals surface area contributed by atoms with E-state index in [0.717, 1.165) is 17.6 Å². The highest BCUT2D eigenvalue weighted by Crippen LogP contribution is 2.35. The van der Waals surface area contributed by atoms with Crippen molar-refractivity contribution in [3.8, 4) is 5.75 Å². The van der Waals surface area contributed by atoms with Crippen LogP contribution < -0.4 is 15.4 Å². The molecule has 2 heterocycles. The molecule has 2 unspecified atom stereocenters. The summed E-state index contributed by atoms with van der Waals surface area (Å²) in [5.74, 6) is 0.754. The first-order valence-electron chi connectivity index (χ1n) is 7.80. The molecule has 132 valence electrons. The maximum Gasteiger partial charge on any atom is 0.315 e. The normalized spacial score (nSPS) is 19.0. The first kappa shape index (κ1) is 17.2. The number of rotatable bonds is 4. The number of fused-ring (bicyclic) bond motifs is 1. The van der Waals surface area contributed by atoms with Gasteiger partial charge in [0.15, 0.2) is 9.84 Å². The number of para-hydroxylation sites is 1. The van der Waals surface area contributed by atoms with Crippen molar-refractivity contribution >= 4 is 15.9 Å². The quantitative estimate of drug-likeness (QED) is 0.865. The van der Waals surface area contributed by atoms with Crippen LogP contribution in [-0.4, -0.2) is 31.8 Å². The topological polar surface area (TPSA) is 97.4 Å². The minimum Gasteiger partial charge on any atom is -0.488 e. The Hall–Kier alpha value is -2.61. The molecule has 8 heteroatoms. The number of pyridine rings is 1. The molecule has 7 nitrogen and oxygen atoms in total. The standard InChI is InChI=1S/C17H19N3O4S/c1-11-16(12-6-3-4-7-14(12)24-11)20-17(21)19-10-13-15(25(2,22)23)8-5-9-18-13/h3-9,11,16H,10H2,1-2H3,(H2,19,20,21). The maximum atomic E-state index is 12.2. The number of benzene rings is 1. The monoisotopic (exact) mass is 361 g/mol. The van der Waals surface area contributed by atoms with Gasteiger partial charge in [-0.25, -0.2) is 13.2 Å². The summed E-state index contributed by atoms with van der Waals surface area (Å²) in [6.07, 6.45) is 2.42. The molecule has 25 heavy (non-hydrogen) atoms. The second kappa shape index (κ2) is 6.72. The number of sulfone groups is 1. The number of amides is 2. The Morgan fingerprint density at radius 2 is 2.00 bits per heavy atom. The molecule has 0 saturated carbocycles. The van der Waals surface area contributed by atoms with Gasteiger partial charge in [-0.3, -0.25) is 4.98 Å². The number of carbonyl (C=O) groups excluding carboxylic acids is 1. The minimum absolute atomic E-state index is 0.0126. The van der Waals surface area contributed by atoms with Crippen LogP contribution in [0.5, 0.6) is 5.75 Å². The molecule has 2 aromatic rings. The van der Waals surface area contributed by atoms with Crippen LogP contribution in [0.1, 0.15) is 24.2 Å². The van der Waals surface area contributed by atoms with E-state index in [2.05, 4.69) is 15.6 Å². The Bertz CT molecular complexity index is 898. The number of aromatic nitrogens is 1. The first-order valence-corrected chi connectivity index (χ1v) is 9.69. The fraction of sp³-hybridized carbons (Fsp3) is 0.294. The van der Waals surface area contributed by atoms with Gasteiger partial charge in [-0.1, -0.05) is 18.2 Å². The average molecular weight is 361 g/mol. The summed E-state index contributed by atoms with van der Waals surface area (Å²) in [6, 6.07) is 9.87. The van der Waals surface area contributed by atoms with Gasteiger partial charge in [0.25, 0.3) is 0 Å². The summed E-state index contributed by atoms with van der Waals surface area (Å²) >= 11 is 0. The lowest BCUT2D eigenvalue weighted by molar-refractivity contribution is 0.199. The molecular weight excluding hydrogens is 342 g/mol. The maximum absolute atomic E-state index is 12.2. The van der Waals surface area contributed by atoms with Gasteiger partial charge in [0, 0.05) is 18.0 Å². The zero-order chi connectivity index (χ0) is 18.0. The predicted molar refractivity (Wildman–Crippen MR) is 92.0 cm³/mol. The molecule has 1 aromatic carbocycles. The third kappa shape index (κ3) is 3.74. The van der Waals surface area contributed by atoms with Crippen LogP contribution in [0.15, 0.2) is 47.5 Å². The molecule has 0 bridgehead atoms. The lowest BCUT2D eigenvalue weighted by Crippen LogP contribution is -2.40. The molecule has 3 rings (SSSR count). The molecule has 2 atom stereocenters. The third-order valence-corrected chi connectivity index (χ3v) is 5.16. The third-order valence-electron chi connectivity index (χ3n) is 3.99. The van der Waals surface area contributed by atoms with Gasteiger partial charge in [-0.15, -0.1) is 0 Å². The minimum atomic E-state index is -3.41. The van der Waals surface area contributed by atoms with Gasteiger partial charge >= 0.3 is 6.03 Å². The molecule has 0 radical (unpaired) electrons. The van der Waals surface area contributed by atoms with Crippen molar-refractivity contribution in [2.24, 2.45) is 0 Å². The number of urea groups is 1. The van der Waals surface area contributed by atoms with E-state index in [1.165, 1.54) is 12.3 Å². The molecule has 2 N–H and O–H groups in total. The van der Waals surface area contributed by atoms with Gasteiger partial charge < -0.3 is 15.4 Å². The van der Waals surface area contributed by atoms with Crippen LogP contribution >= 0.6 is 0 Å². The highest BCUT2D eigenvalue weighted by molar-refractivity contribution is 7.90. The number of hydrogen-bond donors (Lipinski definition) is 2. The van der Waals surface area contributed by atoms with E-state index >= 15 is 0 Å². The van der Waals surface area contributed by atoms with Crippen molar-refractivity contribution in [3.63, 3.8) is 0 Å². The van der Waals surface area contributed by atoms with E-state index in [-0.39, 0.29) is 23.6 Å². The number of hydrogen-bond acceptors (Lipinski definition) is 5. The molecule has 1 aliphatic heterocycles. The molecule has 0 aliphatic carbocycles. The van der Waals surface area contributed by atoms with E-state index < -0.39 is 15.9 Å². The summed E-state index contributed by atoms with van der Waals surface area (Å²) in [6.45, 7) is 1.89. The highest BCUT2D eigenvalue weighted by atomic mass is 32.2. The van der Waals surface area contributed by atoms with Crippen molar-refractivity contribution in [1.29, 1.82) is 0 Å². The number of carbonyl (C=O) groups is 1. The molecular formula is C17H19N3O4S. The van der Waals surface area contributed by atoms with Crippen molar-refractivity contribution in [3.05, 3.63) is 53.9 Å². The van der Waals surface area contributed by atoms with E-state index in [9.17, 15) is 13.2 Å². The van der Waals surface area contributed by atoms with Crippen LogP contribution in [-0.2, 0) is 16.4 Å². The summed E-state index contributed by atoms with van der Waals surface area (Å²) < 4.78 is 29.3. The highest BCUT2D eigenvalue weighted by Gasteiger charge is 2.32. The summed E-state index contributed by atoms with van der Waals surface area (Å²) in [7, 11) is -3.41. The van der Waals surface area contributed by atoms with Crippen LogP contribution in [0.25, 0.3) is 0 Å². The Labute approximate surface area is 146 Å². The van der Waals surface area contributed by atoms with Crippen molar-refractivity contribution in [2.75, 3.05) is 6.26 Å². The lowest BCUT2D eigenvalue weighted by atomic mass is 10.1. The number of nitrogens with one attached hydrogen (secondary N) is 2.